The van der Waals surface area contributed by atoms with Crippen LogP contribution in [0.15, 0.2) is 29.2 Å². The fourth-order valence-corrected chi connectivity index (χ4v) is 2.32. The van der Waals surface area contributed by atoms with Crippen molar-refractivity contribution >= 4 is 15.9 Å². The van der Waals surface area contributed by atoms with E-state index < -0.39 is 10.0 Å². The van der Waals surface area contributed by atoms with Gasteiger partial charge in [-0.15, -0.1) is 6.42 Å². The Morgan fingerprint density at radius 2 is 1.95 bits per heavy atom. The van der Waals surface area contributed by atoms with Crippen LogP contribution in [0.5, 0.6) is 0 Å². The first-order valence-corrected chi connectivity index (χ1v) is 7.42. The molecule has 0 saturated heterocycles. The lowest BCUT2D eigenvalue weighted by Gasteiger charge is -2.06. The van der Waals surface area contributed by atoms with Crippen LogP contribution >= 0.6 is 0 Å². The van der Waals surface area contributed by atoms with Crippen molar-refractivity contribution in [1.29, 1.82) is 0 Å². The summed E-state index contributed by atoms with van der Waals surface area (Å²) in [7, 11) is -3.64. The van der Waals surface area contributed by atoms with Crippen LogP contribution < -0.4 is 10.0 Å². The van der Waals surface area contributed by atoms with Crippen molar-refractivity contribution in [3.63, 3.8) is 0 Å². The second kappa shape index (κ2) is 7.65. The van der Waals surface area contributed by atoms with E-state index >= 15 is 0 Å². The van der Waals surface area contributed by atoms with Gasteiger partial charge in [-0.1, -0.05) is 5.92 Å². The molecule has 3 N–H and O–H groups in total. The SMILES string of the molecule is C#CCNS(=O)(=O)c1ccc(C(=O)NCCCO)cc1. The Morgan fingerprint density at radius 1 is 1.30 bits per heavy atom. The molecule has 0 heterocycles. The summed E-state index contributed by atoms with van der Waals surface area (Å²) < 4.78 is 25.7. The molecule has 0 aliphatic carbocycles. The van der Waals surface area contributed by atoms with E-state index in [1.807, 2.05) is 0 Å². The zero-order valence-electron chi connectivity index (χ0n) is 10.8. The number of nitrogens with one attached hydrogen (secondary N) is 2. The van der Waals surface area contributed by atoms with Gasteiger partial charge < -0.3 is 10.4 Å². The summed E-state index contributed by atoms with van der Waals surface area (Å²) in [6.45, 7) is 0.267. The van der Waals surface area contributed by atoms with Crippen LogP contribution in [0, 0.1) is 12.3 Å². The van der Waals surface area contributed by atoms with Crippen molar-refractivity contribution in [1.82, 2.24) is 10.0 Å². The van der Waals surface area contributed by atoms with Crippen molar-refractivity contribution in [2.45, 2.75) is 11.3 Å². The van der Waals surface area contributed by atoms with E-state index in [0.717, 1.165) is 0 Å². The fraction of sp³-hybridized carbons (Fsp3) is 0.308. The molecule has 0 bridgehead atoms. The number of aliphatic hydroxyl groups is 1. The van der Waals surface area contributed by atoms with Crippen LogP contribution in [0.3, 0.4) is 0 Å². The summed E-state index contributed by atoms with van der Waals surface area (Å²) in [5, 5.41) is 11.2. The Morgan fingerprint density at radius 3 is 2.50 bits per heavy atom. The predicted octanol–water partition coefficient (Wildman–Crippen LogP) is -0.290. The zero-order valence-corrected chi connectivity index (χ0v) is 11.6. The lowest BCUT2D eigenvalue weighted by atomic mass is 10.2. The minimum atomic E-state index is -3.64. The van der Waals surface area contributed by atoms with Gasteiger partial charge in [-0.05, 0) is 30.7 Å². The first kappa shape index (κ1) is 16.2. The van der Waals surface area contributed by atoms with Gasteiger partial charge in [0.05, 0.1) is 11.4 Å². The third-order valence-corrected chi connectivity index (χ3v) is 3.83. The molecule has 0 saturated carbocycles. The maximum atomic E-state index is 11.7. The van der Waals surface area contributed by atoms with E-state index in [9.17, 15) is 13.2 Å². The Labute approximate surface area is 118 Å². The average molecular weight is 296 g/mol. The molecule has 1 amide bonds. The summed E-state index contributed by atoms with van der Waals surface area (Å²) in [5.41, 5.74) is 0.346. The molecule has 0 radical (unpaired) electrons. The Balaban J connectivity index is 2.74. The molecular formula is C13H16N2O4S. The molecule has 0 aliphatic rings. The van der Waals surface area contributed by atoms with E-state index in [2.05, 4.69) is 16.0 Å². The van der Waals surface area contributed by atoms with Crippen LogP contribution in [0.4, 0.5) is 0 Å². The Kier molecular flexibility index (Phi) is 6.18. The highest BCUT2D eigenvalue weighted by Gasteiger charge is 2.13. The van der Waals surface area contributed by atoms with Crippen molar-refractivity contribution < 1.29 is 18.3 Å². The van der Waals surface area contributed by atoms with Crippen LogP contribution in [0.2, 0.25) is 0 Å². The molecule has 0 aliphatic heterocycles. The van der Waals surface area contributed by atoms with Crippen LogP contribution in [0.1, 0.15) is 16.8 Å². The fourth-order valence-electron chi connectivity index (χ4n) is 1.39. The van der Waals surface area contributed by atoms with Gasteiger partial charge in [0.2, 0.25) is 10.0 Å². The van der Waals surface area contributed by atoms with Gasteiger partial charge in [0.25, 0.3) is 5.91 Å². The second-order valence-corrected chi connectivity index (χ2v) is 5.65. The minimum Gasteiger partial charge on any atom is -0.396 e. The van der Waals surface area contributed by atoms with E-state index in [1.54, 1.807) is 0 Å². The summed E-state index contributed by atoms with van der Waals surface area (Å²) in [6, 6.07) is 5.50. The van der Waals surface area contributed by atoms with Gasteiger partial charge >= 0.3 is 0 Å². The number of benzene rings is 1. The van der Waals surface area contributed by atoms with Gasteiger partial charge in [0.1, 0.15) is 0 Å². The molecule has 0 spiro atoms. The van der Waals surface area contributed by atoms with Gasteiger partial charge in [0.15, 0.2) is 0 Å². The molecule has 0 fully saturated rings. The molecule has 0 atom stereocenters. The average Bonchev–Trinajstić information content (AvgIpc) is 2.45. The van der Waals surface area contributed by atoms with E-state index in [1.165, 1.54) is 24.3 Å². The monoisotopic (exact) mass is 296 g/mol. The molecule has 0 aromatic heterocycles. The quantitative estimate of drug-likeness (QED) is 0.476. The second-order valence-electron chi connectivity index (χ2n) is 3.89. The summed E-state index contributed by atoms with van der Waals surface area (Å²) in [4.78, 5) is 11.7. The number of hydrogen-bond donors (Lipinski definition) is 3. The third-order valence-electron chi connectivity index (χ3n) is 2.41. The molecule has 0 unspecified atom stereocenters. The number of aliphatic hydroxyl groups excluding tert-OH is 1. The first-order valence-electron chi connectivity index (χ1n) is 5.93. The lowest BCUT2D eigenvalue weighted by molar-refractivity contribution is 0.0951. The number of rotatable bonds is 7. The normalized spacial score (nSPS) is 10.8. The van der Waals surface area contributed by atoms with Crippen molar-refractivity contribution in [2.24, 2.45) is 0 Å². The minimum absolute atomic E-state index is 0.00168. The van der Waals surface area contributed by atoms with Crippen molar-refractivity contribution in [2.75, 3.05) is 19.7 Å². The van der Waals surface area contributed by atoms with Crippen molar-refractivity contribution in [3.8, 4) is 12.3 Å². The number of terminal acetylenes is 1. The highest BCUT2D eigenvalue weighted by Crippen LogP contribution is 2.10. The van der Waals surface area contributed by atoms with Crippen molar-refractivity contribution in [3.05, 3.63) is 29.8 Å². The molecular weight excluding hydrogens is 280 g/mol. The molecule has 1 rings (SSSR count). The zero-order chi connectivity index (χ0) is 15.0. The summed E-state index contributed by atoms with van der Waals surface area (Å²) >= 11 is 0. The standard InChI is InChI=1S/C13H16N2O4S/c1-2-8-15-20(18,19)12-6-4-11(5-7-12)13(17)14-9-3-10-16/h1,4-7,15-16H,3,8-10H2,(H,14,17). The number of amides is 1. The van der Waals surface area contributed by atoms with Gasteiger partial charge in [-0.25, -0.2) is 8.42 Å². The summed E-state index contributed by atoms with van der Waals surface area (Å²) in [5.74, 6) is 1.86. The highest BCUT2D eigenvalue weighted by atomic mass is 32.2. The summed E-state index contributed by atoms with van der Waals surface area (Å²) in [6.07, 6.45) is 5.45. The molecule has 1 aromatic rings. The van der Waals surface area contributed by atoms with E-state index in [-0.39, 0.29) is 24.0 Å². The third kappa shape index (κ3) is 4.66. The molecule has 6 nitrogen and oxygen atoms in total. The highest BCUT2D eigenvalue weighted by molar-refractivity contribution is 7.89. The van der Waals surface area contributed by atoms with E-state index in [0.29, 0.717) is 18.5 Å². The van der Waals surface area contributed by atoms with Gasteiger partial charge in [-0.2, -0.15) is 4.72 Å². The van der Waals surface area contributed by atoms with Gasteiger partial charge in [-0.3, -0.25) is 4.79 Å². The lowest BCUT2D eigenvalue weighted by Crippen LogP contribution is -2.26. The maximum absolute atomic E-state index is 11.7. The van der Waals surface area contributed by atoms with Gasteiger partial charge in [0, 0.05) is 18.7 Å². The van der Waals surface area contributed by atoms with Crippen LogP contribution in [0.25, 0.3) is 0 Å². The number of hydrogen-bond acceptors (Lipinski definition) is 4. The smallest absolute Gasteiger partial charge is 0.251 e. The topological polar surface area (TPSA) is 95.5 Å². The number of carbonyl (C=O) groups excluding carboxylic acids is 1. The molecule has 108 valence electrons. The largest absolute Gasteiger partial charge is 0.396 e. The Bertz CT molecular complexity index is 588. The molecule has 1 aromatic carbocycles. The number of sulfonamides is 1. The number of carbonyl (C=O) groups is 1. The van der Waals surface area contributed by atoms with Crippen LogP contribution in [-0.4, -0.2) is 39.1 Å². The van der Waals surface area contributed by atoms with Crippen LogP contribution in [-0.2, 0) is 10.0 Å². The Hall–Kier alpha value is -1.88. The molecule has 7 heteroatoms. The maximum Gasteiger partial charge on any atom is 0.251 e. The molecule has 20 heavy (non-hydrogen) atoms. The van der Waals surface area contributed by atoms with E-state index in [4.69, 9.17) is 11.5 Å². The first-order chi connectivity index (χ1) is 9.51. The predicted molar refractivity (Wildman–Crippen MR) is 74.5 cm³/mol.